The monoisotopic (exact) mass is 333 g/mol. The first kappa shape index (κ1) is 16.4. The number of nitrogens with one attached hydrogen (secondary N) is 2. The fraction of sp³-hybridized carbons (Fsp3) is 0.471. The van der Waals surface area contributed by atoms with Crippen molar-refractivity contribution in [2.75, 3.05) is 18.4 Å². The number of halogens is 1. The highest BCUT2D eigenvalue weighted by Gasteiger charge is 2.36. The van der Waals surface area contributed by atoms with Crippen LogP contribution in [0, 0.1) is 11.7 Å². The minimum absolute atomic E-state index is 0.0421. The normalized spacial score (nSPS) is 23.2. The third-order valence-corrected chi connectivity index (χ3v) is 4.63. The van der Waals surface area contributed by atoms with Gasteiger partial charge in [0.2, 0.25) is 11.8 Å². The van der Waals surface area contributed by atoms with Gasteiger partial charge in [-0.25, -0.2) is 4.39 Å². The Morgan fingerprint density at radius 2 is 2.12 bits per heavy atom. The molecule has 0 bridgehead atoms. The summed E-state index contributed by atoms with van der Waals surface area (Å²) in [5, 5.41) is 5.52. The summed E-state index contributed by atoms with van der Waals surface area (Å²) in [6.45, 7) is 2.34. The average molecular weight is 333 g/mol. The van der Waals surface area contributed by atoms with Crippen LogP contribution in [0.2, 0.25) is 0 Å². The molecular weight excluding hydrogens is 313 g/mol. The van der Waals surface area contributed by atoms with E-state index in [0.717, 1.165) is 6.42 Å². The van der Waals surface area contributed by atoms with E-state index in [1.807, 2.05) is 0 Å². The second-order valence-electron chi connectivity index (χ2n) is 6.39. The Hall–Kier alpha value is -2.44. The molecule has 6 nitrogen and oxygen atoms in total. The maximum Gasteiger partial charge on any atom is 0.256 e. The van der Waals surface area contributed by atoms with Crippen molar-refractivity contribution in [1.29, 1.82) is 0 Å². The van der Waals surface area contributed by atoms with Gasteiger partial charge in [0.15, 0.2) is 0 Å². The van der Waals surface area contributed by atoms with Crippen LogP contribution in [0.5, 0.6) is 0 Å². The van der Waals surface area contributed by atoms with Gasteiger partial charge in [-0.2, -0.15) is 0 Å². The first-order valence-electron chi connectivity index (χ1n) is 8.10. The molecule has 3 amide bonds. The fourth-order valence-electron chi connectivity index (χ4n) is 3.44. The van der Waals surface area contributed by atoms with Gasteiger partial charge in [0.25, 0.3) is 5.91 Å². The van der Waals surface area contributed by atoms with Gasteiger partial charge in [-0.05, 0) is 37.0 Å². The summed E-state index contributed by atoms with van der Waals surface area (Å²) in [6, 6.07) is 4.09. The molecule has 0 spiro atoms. The summed E-state index contributed by atoms with van der Waals surface area (Å²) in [7, 11) is 0. The van der Waals surface area contributed by atoms with E-state index in [0.29, 0.717) is 31.6 Å². The molecule has 7 heteroatoms. The van der Waals surface area contributed by atoms with Gasteiger partial charge in [0, 0.05) is 38.2 Å². The number of rotatable bonds is 2. The quantitative estimate of drug-likeness (QED) is 0.861. The molecule has 0 saturated carbocycles. The van der Waals surface area contributed by atoms with Crippen molar-refractivity contribution in [2.24, 2.45) is 5.92 Å². The SMILES string of the molecule is CC(=O)Nc1ccc(F)c(C(=O)N2CCC3NC(=O)CCC3C2)c1. The molecule has 2 aliphatic rings. The molecule has 1 aromatic rings. The number of fused-ring (bicyclic) bond motifs is 1. The van der Waals surface area contributed by atoms with Crippen LogP contribution in [0.15, 0.2) is 18.2 Å². The number of nitrogens with zero attached hydrogens (tertiary/aromatic N) is 1. The first-order chi connectivity index (χ1) is 11.4. The van der Waals surface area contributed by atoms with Crippen LogP contribution in [0.1, 0.15) is 36.5 Å². The Balaban J connectivity index is 1.75. The highest BCUT2D eigenvalue weighted by atomic mass is 19.1. The standard InChI is InChI=1S/C17H20FN3O3/c1-10(22)19-12-3-4-14(18)13(8-12)17(24)21-7-6-15-11(9-21)2-5-16(23)20-15/h3-4,8,11,15H,2,5-7,9H2,1H3,(H,19,22)(H,20,23). The first-order valence-corrected chi connectivity index (χ1v) is 8.10. The van der Waals surface area contributed by atoms with E-state index in [2.05, 4.69) is 10.6 Å². The van der Waals surface area contributed by atoms with Crippen LogP contribution in [0.3, 0.4) is 0 Å². The minimum Gasteiger partial charge on any atom is -0.353 e. The summed E-state index contributed by atoms with van der Waals surface area (Å²) in [4.78, 5) is 36.9. The molecule has 0 aromatic heterocycles. The number of piperidine rings is 2. The van der Waals surface area contributed by atoms with Gasteiger partial charge < -0.3 is 15.5 Å². The van der Waals surface area contributed by atoms with Gasteiger partial charge in [-0.15, -0.1) is 0 Å². The molecule has 0 radical (unpaired) electrons. The summed E-state index contributed by atoms with van der Waals surface area (Å²) >= 11 is 0. The average Bonchev–Trinajstić information content (AvgIpc) is 2.55. The molecular formula is C17H20FN3O3. The molecule has 2 unspecified atom stereocenters. The molecule has 0 aliphatic carbocycles. The van der Waals surface area contributed by atoms with Crippen LogP contribution in [0.4, 0.5) is 10.1 Å². The van der Waals surface area contributed by atoms with E-state index < -0.39 is 5.82 Å². The number of carbonyl (C=O) groups excluding carboxylic acids is 3. The van der Waals surface area contributed by atoms with Gasteiger partial charge in [-0.1, -0.05) is 0 Å². The minimum atomic E-state index is -0.604. The Labute approximate surface area is 139 Å². The van der Waals surface area contributed by atoms with Crippen molar-refractivity contribution in [2.45, 2.75) is 32.2 Å². The fourth-order valence-corrected chi connectivity index (χ4v) is 3.44. The largest absolute Gasteiger partial charge is 0.353 e. The lowest BCUT2D eigenvalue weighted by Crippen LogP contribution is -2.55. The van der Waals surface area contributed by atoms with Crippen molar-refractivity contribution in [1.82, 2.24) is 10.2 Å². The van der Waals surface area contributed by atoms with Crippen LogP contribution in [0.25, 0.3) is 0 Å². The second kappa shape index (κ2) is 6.59. The van der Waals surface area contributed by atoms with E-state index >= 15 is 0 Å². The van der Waals surface area contributed by atoms with Crippen LogP contribution < -0.4 is 10.6 Å². The number of hydrogen-bond acceptors (Lipinski definition) is 3. The van der Waals surface area contributed by atoms with Gasteiger partial charge >= 0.3 is 0 Å². The third kappa shape index (κ3) is 3.39. The van der Waals surface area contributed by atoms with Crippen molar-refractivity contribution in [3.63, 3.8) is 0 Å². The molecule has 3 rings (SSSR count). The smallest absolute Gasteiger partial charge is 0.256 e. The zero-order valence-corrected chi connectivity index (χ0v) is 13.5. The van der Waals surface area contributed by atoms with E-state index in [-0.39, 0.29) is 35.2 Å². The maximum atomic E-state index is 14.1. The Kier molecular flexibility index (Phi) is 4.51. The van der Waals surface area contributed by atoms with Crippen molar-refractivity contribution >= 4 is 23.4 Å². The van der Waals surface area contributed by atoms with Crippen LogP contribution in [-0.4, -0.2) is 41.8 Å². The molecule has 2 aliphatic heterocycles. The molecule has 24 heavy (non-hydrogen) atoms. The lowest BCUT2D eigenvalue weighted by Gasteiger charge is -2.41. The summed E-state index contributed by atoms with van der Waals surface area (Å²) in [5.74, 6) is -0.992. The molecule has 2 N–H and O–H groups in total. The predicted molar refractivity (Wildman–Crippen MR) is 85.9 cm³/mol. The number of benzene rings is 1. The van der Waals surface area contributed by atoms with Crippen LogP contribution >= 0.6 is 0 Å². The topological polar surface area (TPSA) is 78.5 Å². The zero-order chi connectivity index (χ0) is 17.3. The van der Waals surface area contributed by atoms with E-state index in [9.17, 15) is 18.8 Å². The number of amides is 3. The highest BCUT2D eigenvalue weighted by Crippen LogP contribution is 2.27. The highest BCUT2D eigenvalue weighted by molar-refractivity contribution is 5.97. The summed E-state index contributed by atoms with van der Waals surface area (Å²) in [6.07, 6.45) is 1.89. The van der Waals surface area contributed by atoms with Gasteiger partial charge in [0.05, 0.1) is 5.56 Å². The van der Waals surface area contributed by atoms with Crippen molar-refractivity contribution in [3.8, 4) is 0 Å². The summed E-state index contributed by atoms with van der Waals surface area (Å²) in [5.41, 5.74) is 0.353. The number of hydrogen-bond donors (Lipinski definition) is 2. The van der Waals surface area contributed by atoms with Gasteiger partial charge in [-0.3, -0.25) is 14.4 Å². The molecule has 2 fully saturated rings. The molecule has 2 heterocycles. The lowest BCUT2D eigenvalue weighted by molar-refractivity contribution is -0.125. The van der Waals surface area contributed by atoms with Crippen LogP contribution in [-0.2, 0) is 9.59 Å². The number of likely N-dealkylation sites (tertiary alicyclic amines) is 1. The molecule has 1 aromatic carbocycles. The molecule has 2 atom stereocenters. The van der Waals surface area contributed by atoms with E-state index in [4.69, 9.17) is 0 Å². The Morgan fingerprint density at radius 1 is 1.33 bits per heavy atom. The zero-order valence-electron chi connectivity index (χ0n) is 13.5. The predicted octanol–water partition coefficient (Wildman–Crippen LogP) is 1.52. The summed E-state index contributed by atoms with van der Waals surface area (Å²) < 4.78 is 14.1. The maximum absolute atomic E-state index is 14.1. The van der Waals surface area contributed by atoms with Crippen molar-refractivity contribution in [3.05, 3.63) is 29.6 Å². The lowest BCUT2D eigenvalue weighted by atomic mass is 9.85. The Bertz CT molecular complexity index is 692. The number of anilines is 1. The van der Waals surface area contributed by atoms with Crippen molar-refractivity contribution < 1.29 is 18.8 Å². The third-order valence-electron chi connectivity index (χ3n) is 4.63. The van der Waals surface area contributed by atoms with Gasteiger partial charge in [0.1, 0.15) is 5.82 Å². The number of carbonyl (C=O) groups is 3. The second-order valence-corrected chi connectivity index (χ2v) is 6.39. The molecule has 2 saturated heterocycles. The Morgan fingerprint density at radius 3 is 2.88 bits per heavy atom. The molecule has 128 valence electrons. The van der Waals surface area contributed by atoms with E-state index in [1.54, 1.807) is 4.90 Å². The van der Waals surface area contributed by atoms with E-state index in [1.165, 1.54) is 25.1 Å².